The first-order valence-electron chi connectivity index (χ1n) is 6.05. The van der Waals surface area contributed by atoms with Crippen molar-refractivity contribution in [3.63, 3.8) is 0 Å². The van der Waals surface area contributed by atoms with Crippen molar-refractivity contribution >= 4 is 10.9 Å². The van der Waals surface area contributed by atoms with Gasteiger partial charge in [0.15, 0.2) is 0 Å². The predicted molar refractivity (Wildman–Crippen MR) is 73.9 cm³/mol. The minimum Gasteiger partial charge on any atom is -0.497 e. The fourth-order valence-corrected chi connectivity index (χ4v) is 1.89. The number of nitrogens with one attached hydrogen (secondary N) is 2. The van der Waals surface area contributed by atoms with Crippen molar-refractivity contribution in [2.24, 2.45) is 0 Å². The zero-order valence-electron chi connectivity index (χ0n) is 11.2. The topological polar surface area (TPSA) is 76.1 Å². The number of methoxy groups -OCH3 is 1. The molecule has 0 amide bonds. The van der Waals surface area contributed by atoms with Crippen LogP contribution in [0.3, 0.4) is 0 Å². The number of ether oxygens (including phenoxy) is 1. The number of aromatic amines is 1. The molecule has 2 rings (SSSR count). The Morgan fingerprint density at radius 1 is 1.42 bits per heavy atom. The van der Waals surface area contributed by atoms with Crippen molar-refractivity contribution in [3.8, 4) is 5.75 Å². The average molecular weight is 263 g/mol. The standard InChI is InChI=1S/C13H17N3O3/c1-8(14-2)7-16-12(17)10-5-4-9(19-3)6-11(10)15-13(16)18/h4-6,8,14H,7H2,1-3H3,(H,15,18). The first kappa shape index (κ1) is 13.4. The second-order valence-corrected chi connectivity index (χ2v) is 4.45. The van der Waals surface area contributed by atoms with Crippen molar-refractivity contribution in [2.75, 3.05) is 14.2 Å². The minimum atomic E-state index is -0.409. The smallest absolute Gasteiger partial charge is 0.328 e. The average Bonchev–Trinajstić information content (AvgIpc) is 2.42. The third-order valence-corrected chi connectivity index (χ3v) is 3.14. The van der Waals surface area contributed by atoms with Crippen LogP contribution < -0.4 is 21.3 Å². The maximum absolute atomic E-state index is 12.3. The summed E-state index contributed by atoms with van der Waals surface area (Å²) < 4.78 is 6.28. The summed E-state index contributed by atoms with van der Waals surface area (Å²) in [6, 6.07) is 5.04. The molecule has 0 aliphatic carbocycles. The lowest BCUT2D eigenvalue weighted by Gasteiger charge is -2.12. The molecule has 0 saturated carbocycles. The molecule has 0 radical (unpaired) electrons. The van der Waals surface area contributed by atoms with E-state index in [1.165, 1.54) is 11.7 Å². The molecule has 1 atom stereocenters. The SMILES string of the molecule is CNC(C)Cn1c(=O)[nH]c2cc(OC)ccc2c1=O. The second kappa shape index (κ2) is 5.27. The number of H-pyrrole nitrogens is 1. The van der Waals surface area contributed by atoms with E-state index < -0.39 is 5.69 Å². The molecule has 0 aliphatic heterocycles. The van der Waals surface area contributed by atoms with Gasteiger partial charge in [0.25, 0.3) is 5.56 Å². The summed E-state index contributed by atoms with van der Waals surface area (Å²) in [6.07, 6.45) is 0. The number of hydrogen-bond acceptors (Lipinski definition) is 4. The number of likely N-dealkylation sites (N-methyl/N-ethyl adjacent to an activating group) is 1. The molecular formula is C13H17N3O3. The lowest BCUT2D eigenvalue weighted by Crippen LogP contribution is -2.40. The first-order chi connectivity index (χ1) is 9.06. The molecule has 1 heterocycles. The highest BCUT2D eigenvalue weighted by Crippen LogP contribution is 2.15. The molecule has 1 aromatic carbocycles. The quantitative estimate of drug-likeness (QED) is 0.832. The molecule has 1 aromatic heterocycles. The van der Waals surface area contributed by atoms with Gasteiger partial charge in [0, 0.05) is 18.7 Å². The van der Waals surface area contributed by atoms with Gasteiger partial charge in [-0.25, -0.2) is 4.79 Å². The summed E-state index contributed by atoms with van der Waals surface area (Å²) in [4.78, 5) is 26.9. The Bertz CT molecular complexity index is 702. The Labute approximate surface area is 110 Å². The molecule has 1 unspecified atom stereocenters. The van der Waals surface area contributed by atoms with Gasteiger partial charge in [0.1, 0.15) is 5.75 Å². The second-order valence-electron chi connectivity index (χ2n) is 4.45. The molecule has 102 valence electrons. The number of benzene rings is 1. The van der Waals surface area contributed by atoms with E-state index in [1.54, 1.807) is 25.2 Å². The van der Waals surface area contributed by atoms with Crippen LogP contribution in [0.15, 0.2) is 27.8 Å². The molecule has 0 saturated heterocycles. The van der Waals surface area contributed by atoms with Crippen molar-refractivity contribution in [1.29, 1.82) is 0 Å². The summed E-state index contributed by atoms with van der Waals surface area (Å²) in [6.45, 7) is 2.23. The van der Waals surface area contributed by atoms with Crippen molar-refractivity contribution in [3.05, 3.63) is 39.0 Å². The fourth-order valence-electron chi connectivity index (χ4n) is 1.89. The van der Waals surface area contributed by atoms with E-state index in [-0.39, 0.29) is 11.6 Å². The number of nitrogens with zero attached hydrogens (tertiary/aromatic N) is 1. The zero-order chi connectivity index (χ0) is 14.0. The highest BCUT2D eigenvalue weighted by atomic mass is 16.5. The normalized spacial score (nSPS) is 12.6. The summed E-state index contributed by atoms with van der Waals surface area (Å²) in [5.41, 5.74) is -0.209. The van der Waals surface area contributed by atoms with E-state index in [1.807, 2.05) is 6.92 Å². The highest BCUT2D eigenvalue weighted by molar-refractivity contribution is 5.78. The Balaban J connectivity index is 2.63. The molecule has 6 nitrogen and oxygen atoms in total. The van der Waals surface area contributed by atoms with Gasteiger partial charge in [-0.2, -0.15) is 0 Å². The van der Waals surface area contributed by atoms with Crippen LogP contribution in [0, 0.1) is 0 Å². The minimum absolute atomic E-state index is 0.0366. The molecule has 2 N–H and O–H groups in total. The van der Waals surface area contributed by atoms with Crippen LogP contribution in [0.4, 0.5) is 0 Å². The van der Waals surface area contributed by atoms with Gasteiger partial charge >= 0.3 is 5.69 Å². The van der Waals surface area contributed by atoms with E-state index >= 15 is 0 Å². The Morgan fingerprint density at radius 3 is 2.79 bits per heavy atom. The Morgan fingerprint density at radius 2 is 2.16 bits per heavy atom. The summed E-state index contributed by atoms with van der Waals surface area (Å²) in [7, 11) is 3.32. The Kier molecular flexibility index (Phi) is 3.71. The zero-order valence-corrected chi connectivity index (χ0v) is 11.2. The number of hydrogen-bond donors (Lipinski definition) is 2. The van der Waals surface area contributed by atoms with Gasteiger partial charge in [0.05, 0.1) is 18.0 Å². The summed E-state index contributed by atoms with van der Waals surface area (Å²) >= 11 is 0. The third kappa shape index (κ3) is 2.53. The van der Waals surface area contributed by atoms with Crippen molar-refractivity contribution in [2.45, 2.75) is 19.5 Å². The first-order valence-corrected chi connectivity index (χ1v) is 6.05. The maximum Gasteiger partial charge on any atom is 0.328 e. The van der Waals surface area contributed by atoms with Gasteiger partial charge in [-0.05, 0) is 26.1 Å². The molecule has 6 heteroatoms. The monoisotopic (exact) mass is 263 g/mol. The van der Waals surface area contributed by atoms with Gasteiger partial charge in [-0.15, -0.1) is 0 Å². The van der Waals surface area contributed by atoms with Crippen molar-refractivity contribution in [1.82, 2.24) is 14.9 Å². The summed E-state index contributed by atoms with van der Waals surface area (Å²) in [5.74, 6) is 0.601. The van der Waals surface area contributed by atoms with Crippen LogP contribution in [0.1, 0.15) is 6.92 Å². The van der Waals surface area contributed by atoms with Crippen LogP contribution in [0.2, 0.25) is 0 Å². The number of fused-ring (bicyclic) bond motifs is 1. The van der Waals surface area contributed by atoms with E-state index in [0.717, 1.165) is 0 Å². The van der Waals surface area contributed by atoms with Crippen LogP contribution in [0.5, 0.6) is 5.75 Å². The van der Waals surface area contributed by atoms with Gasteiger partial charge < -0.3 is 15.0 Å². The third-order valence-electron chi connectivity index (χ3n) is 3.14. The van der Waals surface area contributed by atoms with Crippen LogP contribution in [-0.2, 0) is 6.54 Å². The van der Waals surface area contributed by atoms with Crippen LogP contribution in [0.25, 0.3) is 10.9 Å². The highest BCUT2D eigenvalue weighted by Gasteiger charge is 2.10. The van der Waals surface area contributed by atoms with Crippen LogP contribution >= 0.6 is 0 Å². The molecule has 0 fully saturated rings. The van der Waals surface area contributed by atoms with E-state index in [0.29, 0.717) is 23.2 Å². The van der Waals surface area contributed by atoms with E-state index in [9.17, 15) is 9.59 Å². The summed E-state index contributed by atoms with van der Waals surface area (Å²) in [5, 5.41) is 3.48. The molecule has 0 spiro atoms. The predicted octanol–water partition coefficient (Wildman–Crippen LogP) is 0.306. The number of rotatable bonds is 4. The van der Waals surface area contributed by atoms with Crippen LogP contribution in [-0.4, -0.2) is 29.8 Å². The largest absolute Gasteiger partial charge is 0.497 e. The molecule has 0 aliphatic rings. The Hall–Kier alpha value is -2.08. The molecule has 0 bridgehead atoms. The van der Waals surface area contributed by atoms with E-state index in [4.69, 9.17) is 4.74 Å². The van der Waals surface area contributed by atoms with Gasteiger partial charge in [-0.1, -0.05) is 0 Å². The lowest BCUT2D eigenvalue weighted by atomic mass is 10.2. The fraction of sp³-hybridized carbons (Fsp3) is 0.385. The van der Waals surface area contributed by atoms with Gasteiger partial charge in [0.2, 0.25) is 0 Å². The number of aromatic nitrogens is 2. The molecular weight excluding hydrogens is 246 g/mol. The lowest BCUT2D eigenvalue weighted by molar-refractivity contribution is 0.415. The van der Waals surface area contributed by atoms with Gasteiger partial charge in [-0.3, -0.25) is 9.36 Å². The molecule has 2 aromatic rings. The molecule has 19 heavy (non-hydrogen) atoms. The maximum atomic E-state index is 12.3. The van der Waals surface area contributed by atoms with Crippen molar-refractivity contribution < 1.29 is 4.74 Å². The van der Waals surface area contributed by atoms with E-state index in [2.05, 4.69) is 10.3 Å².